The van der Waals surface area contributed by atoms with Crippen LogP contribution in [0.2, 0.25) is 0 Å². The van der Waals surface area contributed by atoms with Gasteiger partial charge < -0.3 is 5.32 Å². The molecule has 0 saturated heterocycles. The summed E-state index contributed by atoms with van der Waals surface area (Å²) in [6, 6.07) is 3.99. The fourth-order valence-electron chi connectivity index (χ4n) is 1.05. The second-order valence-corrected chi connectivity index (χ2v) is 4.26. The first-order chi connectivity index (χ1) is 7.33. The number of nitrogens with zero attached hydrogens (tertiary/aromatic N) is 1. The summed E-state index contributed by atoms with van der Waals surface area (Å²) >= 11 is 1.79. The summed E-state index contributed by atoms with van der Waals surface area (Å²) in [6.07, 6.45) is 5.15. The van der Waals surface area contributed by atoms with Crippen molar-refractivity contribution >= 4 is 17.7 Å². The van der Waals surface area contributed by atoms with Crippen LogP contribution in [-0.2, 0) is 4.79 Å². The van der Waals surface area contributed by atoms with E-state index in [1.165, 1.54) is 4.90 Å². The second kappa shape index (κ2) is 7.29. The molecule has 0 fully saturated rings. The van der Waals surface area contributed by atoms with E-state index in [1.54, 1.807) is 24.2 Å². The number of nitrogens with one attached hydrogen (secondary N) is 1. The van der Waals surface area contributed by atoms with Crippen molar-refractivity contribution < 1.29 is 4.79 Å². The van der Waals surface area contributed by atoms with Crippen LogP contribution in [0.1, 0.15) is 19.8 Å². The van der Waals surface area contributed by atoms with Crippen molar-refractivity contribution in [3.05, 3.63) is 24.5 Å². The SMILES string of the molecule is CCC(=O)NCCCSc1ccncc1. The van der Waals surface area contributed by atoms with Gasteiger partial charge in [-0.2, -0.15) is 0 Å². The molecule has 0 radical (unpaired) electrons. The molecule has 1 amide bonds. The Bertz CT molecular complexity index is 290. The Kier molecular flexibility index (Phi) is 5.85. The van der Waals surface area contributed by atoms with Gasteiger partial charge >= 0.3 is 0 Å². The molecule has 0 atom stereocenters. The molecule has 0 aliphatic heterocycles. The highest BCUT2D eigenvalue weighted by Gasteiger charge is 1.96. The number of hydrogen-bond donors (Lipinski definition) is 1. The van der Waals surface area contributed by atoms with E-state index >= 15 is 0 Å². The summed E-state index contributed by atoms with van der Waals surface area (Å²) in [4.78, 5) is 16.1. The maximum Gasteiger partial charge on any atom is 0.219 e. The van der Waals surface area contributed by atoms with Gasteiger partial charge in [-0.15, -0.1) is 11.8 Å². The van der Waals surface area contributed by atoms with Gasteiger partial charge in [0.2, 0.25) is 5.91 Å². The molecule has 1 N–H and O–H groups in total. The van der Waals surface area contributed by atoms with Gasteiger partial charge in [0, 0.05) is 30.3 Å². The number of aromatic nitrogens is 1. The van der Waals surface area contributed by atoms with E-state index in [2.05, 4.69) is 10.3 Å². The lowest BCUT2D eigenvalue weighted by Crippen LogP contribution is -2.23. The van der Waals surface area contributed by atoms with Gasteiger partial charge in [-0.1, -0.05) is 6.92 Å². The normalized spacial score (nSPS) is 9.93. The molecule has 4 heteroatoms. The van der Waals surface area contributed by atoms with Gasteiger partial charge in [-0.3, -0.25) is 9.78 Å². The topological polar surface area (TPSA) is 42.0 Å². The monoisotopic (exact) mass is 224 g/mol. The first-order valence-electron chi connectivity index (χ1n) is 5.12. The van der Waals surface area contributed by atoms with Crippen LogP contribution >= 0.6 is 11.8 Å². The van der Waals surface area contributed by atoms with Crippen LogP contribution in [0.15, 0.2) is 29.4 Å². The van der Waals surface area contributed by atoms with E-state index in [0.717, 1.165) is 18.7 Å². The van der Waals surface area contributed by atoms with Crippen molar-refractivity contribution in [2.24, 2.45) is 0 Å². The summed E-state index contributed by atoms with van der Waals surface area (Å²) in [5.74, 6) is 1.15. The van der Waals surface area contributed by atoms with E-state index < -0.39 is 0 Å². The minimum Gasteiger partial charge on any atom is -0.356 e. The predicted octanol–water partition coefficient (Wildman–Crippen LogP) is 2.09. The number of hydrogen-bond acceptors (Lipinski definition) is 3. The van der Waals surface area contributed by atoms with Crippen molar-refractivity contribution in [2.75, 3.05) is 12.3 Å². The van der Waals surface area contributed by atoms with E-state index in [9.17, 15) is 4.79 Å². The highest BCUT2D eigenvalue weighted by Crippen LogP contribution is 2.16. The Morgan fingerprint density at radius 3 is 2.87 bits per heavy atom. The molecular weight excluding hydrogens is 208 g/mol. The largest absolute Gasteiger partial charge is 0.356 e. The fourth-order valence-corrected chi connectivity index (χ4v) is 1.89. The van der Waals surface area contributed by atoms with Gasteiger partial charge in [0.1, 0.15) is 0 Å². The molecule has 3 nitrogen and oxygen atoms in total. The summed E-state index contributed by atoms with van der Waals surface area (Å²) in [5, 5.41) is 2.85. The van der Waals surface area contributed by atoms with Crippen molar-refractivity contribution in [3.8, 4) is 0 Å². The molecule has 0 aromatic carbocycles. The molecule has 0 spiro atoms. The molecule has 0 aliphatic carbocycles. The minimum atomic E-state index is 0.129. The van der Waals surface area contributed by atoms with E-state index in [0.29, 0.717) is 6.42 Å². The maximum absolute atomic E-state index is 10.9. The number of carbonyl (C=O) groups excluding carboxylic acids is 1. The summed E-state index contributed by atoms with van der Waals surface area (Å²) in [5.41, 5.74) is 0. The van der Waals surface area contributed by atoms with Crippen molar-refractivity contribution in [1.29, 1.82) is 0 Å². The number of pyridine rings is 1. The maximum atomic E-state index is 10.9. The molecule has 1 aromatic rings. The Morgan fingerprint density at radius 1 is 1.47 bits per heavy atom. The van der Waals surface area contributed by atoms with Crippen LogP contribution in [-0.4, -0.2) is 23.2 Å². The number of amides is 1. The molecular formula is C11H16N2OS. The van der Waals surface area contributed by atoms with Crippen LogP contribution in [0.3, 0.4) is 0 Å². The molecule has 1 aromatic heterocycles. The first-order valence-corrected chi connectivity index (χ1v) is 6.11. The van der Waals surface area contributed by atoms with E-state index in [4.69, 9.17) is 0 Å². The zero-order chi connectivity index (χ0) is 10.9. The van der Waals surface area contributed by atoms with Crippen LogP contribution in [0.4, 0.5) is 0 Å². The standard InChI is InChI=1S/C11H16N2OS/c1-2-11(14)13-6-3-9-15-10-4-7-12-8-5-10/h4-5,7-8H,2-3,6,9H2,1H3,(H,13,14). The summed E-state index contributed by atoms with van der Waals surface area (Å²) in [6.45, 7) is 2.63. The fraction of sp³-hybridized carbons (Fsp3) is 0.455. The van der Waals surface area contributed by atoms with Gasteiger partial charge in [-0.05, 0) is 24.3 Å². The molecule has 0 saturated carbocycles. The highest BCUT2D eigenvalue weighted by atomic mass is 32.2. The molecule has 1 rings (SSSR count). The van der Waals surface area contributed by atoms with Gasteiger partial charge in [0.05, 0.1) is 0 Å². The van der Waals surface area contributed by atoms with Crippen LogP contribution in [0, 0.1) is 0 Å². The third kappa shape index (κ3) is 5.42. The number of thioether (sulfide) groups is 1. The van der Waals surface area contributed by atoms with E-state index in [1.807, 2.05) is 19.1 Å². The highest BCUT2D eigenvalue weighted by molar-refractivity contribution is 7.99. The molecule has 0 bridgehead atoms. The number of rotatable bonds is 6. The molecule has 0 aliphatic rings. The van der Waals surface area contributed by atoms with Gasteiger partial charge in [-0.25, -0.2) is 0 Å². The van der Waals surface area contributed by atoms with Crippen molar-refractivity contribution in [2.45, 2.75) is 24.7 Å². The third-order valence-corrected chi connectivity index (χ3v) is 2.98. The Labute approximate surface area is 94.7 Å². The lowest BCUT2D eigenvalue weighted by molar-refractivity contribution is -0.120. The molecule has 0 unspecified atom stereocenters. The van der Waals surface area contributed by atoms with E-state index in [-0.39, 0.29) is 5.91 Å². The van der Waals surface area contributed by atoms with Crippen LogP contribution < -0.4 is 5.32 Å². The average molecular weight is 224 g/mol. The zero-order valence-electron chi connectivity index (χ0n) is 8.90. The Morgan fingerprint density at radius 2 is 2.20 bits per heavy atom. The summed E-state index contributed by atoms with van der Waals surface area (Å²) < 4.78 is 0. The number of carbonyl (C=O) groups is 1. The smallest absolute Gasteiger partial charge is 0.219 e. The molecule has 82 valence electrons. The van der Waals surface area contributed by atoms with Crippen LogP contribution in [0.5, 0.6) is 0 Å². The lowest BCUT2D eigenvalue weighted by atomic mass is 10.4. The zero-order valence-corrected chi connectivity index (χ0v) is 9.72. The van der Waals surface area contributed by atoms with Crippen LogP contribution in [0.25, 0.3) is 0 Å². The predicted molar refractivity (Wildman–Crippen MR) is 62.9 cm³/mol. The third-order valence-electron chi connectivity index (χ3n) is 1.88. The molecule has 15 heavy (non-hydrogen) atoms. The lowest BCUT2D eigenvalue weighted by Gasteiger charge is -2.03. The van der Waals surface area contributed by atoms with Crippen molar-refractivity contribution in [1.82, 2.24) is 10.3 Å². The quantitative estimate of drug-likeness (QED) is 0.594. The Hall–Kier alpha value is -1.03. The van der Waals surface area contributed by atoms with Crippen molar-refractivity contribution in [3.63, 3.8) is 0 Å². The minimum absolute atomic E-state index is 0.129. The Balaban J connectivity index is 2.05. The van der Waals surface area contributed by atoms with Gasteiger partial charge in [0.15, 0.2) is 0 Å². The summed E-state index contributed by atoms with van der Waals surface area (Å²) in [7, 11) is 0. The molecule has 1 heterocycles. The second-order valence-electron chi connectivity index (χ2n) is 3.09. The van der Waals surface area contributed by atoms with Gasteiger partial charge in [0.25, 0.3) is 0 Å². The first kappa shape index (κ1) is 12.0. The average Bonchev–Trinajstić information content (AvgIpc) is 2.29.